The highest BCUT2D eigenvalue weighted by Crippen LogP contribution is 2.68. The van der Waals surface area contributed by atoms with E-state index in [-0.39, 0.29) is 0 Å². The molecule has 0 aromatic carbocycles. The molecule has 146 valence electrons. The molecule has 2 rings (SSSR count). The van der Waals surface area contributed by atoms with Crippen LogP contribution in [-0.2, 0) is 11.8 Å². The van der Waals surface area contributed by atoms with Crippen LogP contribution in [0.1, 0.15) is 123 Å². The van der Waals surface area contributed by atoms with Crippen LogP contribution < -0.4 is 0 Å². The Labute approximate surface area is 163 Å². The lowest BCUT2D eigenvalue weighted by atomic mass is 9.99. The van der Waals surface area contributed by atoms with E-state index in [1.54, 1.807) is 5.31 Å². The van der Waals surface area contributed by atoms with Gasteiger partial charge in [0.1, 0.15) is 0 Å². The topological polar surface area (TPSA) is 0 Å². The van der Waals surface area contributed by atoms with Crippen molar-refractivity contribution in [1.29, 1.82) is 0 Å². The first-order valence-corrected chi connectivity index (χ1v) is 14.4. The molecular weight excluding hydrogens is 339 g/mol. The first kappa shape index (κ1) is 21.7. The Morgan fingerprint density at radius 1 is 0.800 bits per heavy atom. The van der Waals surface area contributed by atoms with E-state index in [4.69, 9.17) is 11.8 Å². The monoisotopic (exact) mass is 382 g/mol. The second-order valence-electron chi connectivity index (χ2n) is 8.69. The summed E-state index contributed by atoms with van der Waals surface area (Å²) in [5.41, 5.74) is 1.78. The molecule has 2 aliphatic carbocycles. The van der Waals surface area contributed by atoms with Gasteiger partial charge in [0.05, 0.1) is 0 Å². The normalized spacial score (nSPS) is 21.6. The van der Waals surface area contributed by atoms with Crippen molar-refractivity contribution in [2.24, 2.45) is 0 Å². The molecule has 2 saturated carbocycles. The van der Waals surface area contributed by atoms with Gasteiger partial charge >= 0.3 is 0 Å². The van der Waals surface area contributed by atoms with Gasteiger partial charge in [-0.15, -0.1) is 0 Å². The maximum Gasteiger partial charge on any atom is -0.00813 e. The third-order valence-corrected chi connectivity index (χ3v) is 13.9. The quantitative estimate of drug-likeness (QED) is 0.269. The lowest BCUT2D eigenvalue weighted by Crippen LogP contribution is -2.23. The number of hydrogen-bond donors (Lipinski definition) is 0. The molecule has 0 aromatic heterocycles. The van der Waals surface area contributed by atoms with Crippen molar-refractivity contribution in [3.63, 3.8) is 0 Å². The minimum absolute atomic E-state index is 0.889. The average molecular weight is 383 g/mol. The Balaban J connectivity index is 1.95. The van der Waals surface area contributed by atoms with Crippen LogP contribution >= 0.6 is 6.04 Å². The predicted molar refractivity (Wildman–Crippen MR) is 120 cm³/mol. The minimum Gasteiger partial charge on any atom is -0.0923 e. The Morgan fingerprint density at radius 3 is 1.80 bits per heavy atom. The van der Waals surface area contributed by atoms with Gasteiger partial charge in [0, 0.05) is 0 Å². The molecule has 0 amide bonds. The zero-order chi connectivity index (χ0) is 18.0. The predicted octanol–water partition coefficient (Wildman–Crippen LogP) is 8.79. The fourth-order valence-electron chi connectivity index (χ4n) is 5.18. The van der Waals surface area contributed by atoms with E-state index in [0.717, 1.165) is 11.3 Å². The smallest absolute Gasteiger partial charge is 0.00813 e. The number of rotatable bonds is 10. The van der Waals surface area contributed by atoms with E-state index in [9.17, 15) is 0 Å². The third kappa shape index (κ3) is 6.49. The summed E-state index contributed by atoms with van der Waals surface area (Å²) >= 11 is 6.64. The van der Waals surface area contributed by atoms with E-state index < -0.39 is 6.04 Å². The van der Waals surface area contributed by atoms with Gasteiger partial charge in [-0.1, -0.05) is 95.4 Å². The molecule has 0 N–H and O–H groups in total. The standard InChI is InChI=1S/C23H43PS/c1-3-4-5-6-7-8-11-16-21(2)24(25,22-17-12-9-13-18-22)23-19-14-10-15-20-23/h16,22-23H,3-15,17-20H2,1-2H3/b21-16+. The Kier molecular flexibility index (Phi) is 10.4. The summed E-state index contributed by atoms with van der Waals surface area (Å²) in [6.07, 6.45) is 26.8. The zero-order valence-electron chi connectivity index (χ0n) is 17.1. The Bertz CT molecular complexity index is 405. The van der Waals surface area contributed by atoms with Gasteiger partial charge in [-0.25, -0.2) is 0 Å². The van der Waals surface area contributed by atoms with E-state index in [1.165, 1.54) is 109 Å². The van der Waals surface area contributed by atoms with Crippen molar-refractivity contribution in [2.75, 3.05) is 0 Å². The van der Waals surface area contributed by atoms with Gasteiger partial charge in [0.25, 0.3) is 0 Å². The second kappa shape index (κ2) is 12.0. The summed E-state index contributed by atoms with van der Waals surface area (Å²) < 4.78 is 0. The van der Waals surface area contributed by atoms with Crippen LogP contribution in [0.25, 0.3) is 0 Å². The van der Waals surface area contributed by atoms with E-state index in [1.807, 2.05) is 0 Å². The second-order valence-corrected chi connectivity index (χ2v) is 14.1. The molecule has 2 heteroatoms. The first-order valence-electron chi connectivity index (χ1n) is 11.5. The number of unbranched alkanes of at least 4 members (excludes halogenated alkanes) is 6. The van der Waals surface area contributed by atoms with E-state index >= 15 is 0 Å². The fourth-order valence-corrected chi connectivity index (χ4v) is 11.1. The highest BCUT2D eigenvalue weighted by atomic mass is 32.4. The lowest BCUT2D eigenvalue weighted by Gasteiger charge is -2.42. The molecule has 2 aliphatic rings. The molecule has 0 nitrogen and oxygen atoms in total. The summed E-state index contributed by atoms with van der Waals surface area (Å²) in [6, 6.07) is -1.33. The van der Waals surface area contributed by atoms with Crippen LogP contribution in [0.4, 0.5) is 0 Å². The number of hydrogen-bond acceptors (Lipinski definition) is 1. The largest absolute Gasteiger partial charge is 0.0923 e. The van der Waals surface area contributed by atoms with Crippen LogP contribution in [-0.4, -0.2) is 11.3 Å². The molecule has 0 aromatic rings. The molecule has 0 unspecified atom stereocenters. The molecule has 2 fully saturated rings. The maximum atomic E-state index is 6.64. The lowest BCUT2D eigenvalue weighted by molar-refractivity contribution is 0.485. The van der Waals surface area contributed by atoms with Gasteiger partial charge in [-0.2, -0.15) is 0 Å². The van der Waals surface area contributed by atoms with Gasteiger partial charge in [-0.3, -0.25) is 0 Å². The zero-order valence-corrected chi connectivity index (χ0v) is 18.8. The van der Waals surface area contributed by atoms with Gasteiger partial charge in [0.2, 0.25) is 0 Å². The van der Waals surface area contributed by atoms with Crippen molar-refractivity contribution in [1.82, 2.24) is 0 Å². The molecule has 0 saturated heterocycles. The Hall–Kier alpha value is 0.390. The summed E-state index contributed by atoms with van der Waals surface area (Å²) in [5, 5.41) is 1.69. The maximum absolute atomic E-state index is 6.64. The van der Waals surface area contributed by atoms with Crippen LogP contribution in [0.3, 0.4) is 0 Å². The van der Waals surface area contributed by atoms with Gasteiger partial charge in [-0.05, 0) is 68.1 Å². The van der Waals surface area contributed by atoms with Crippen molar-refractivity contribution >= 4 is 17.8 Å². The molecule has 0 aliphatic heterocycles. The number of allylic oxidation sites excluding steroid dienone is 2. The highest BCUT2D eigenvalue weighted by Gasteiger charge is 2.38. The molecule has 0 spiro atoms. The van der Waals surface area contributed by atoms with Crippen LogP contribution in [0.15, 0.2) is 11.4 Å². The van der Waals surface area contributed by atoms with Crippen LogP contribution in [0.2, 0.25) is 0 Å². The fraction of sp³-hybridized carbons (Fsp3) is 0.913. The van der Waals surface area contributed by atoms with Crippen LogP contribution in [0, 0.1) is 0 Å². The molecule has 25 heavy (non-hydrogen) atoms. The summed E-state index contributed by atoms with van der Waals surface area (Å²) in [6.45, 7) is 4.75. The van der Waals surface area contributed by atoms with Crippen LogP contribution in [0.5, 0.6) is 0 Å². The molecular formula is C23H43PS. The van der Waals surface area contributed by atoms with Crippen molar-refractivity contribution in [3.05, 3.63) is 11.4 Å². The van der Waals surface area contributed by atoms with Crippen molar-refractivity contribution in [2.45, 2.75) is 134 Å². The van der Waals surface area contributed by atoms with Gasteiger partial charge in [0.15, 0.2) is 0 Å². The molecule has 0 radical (unpaired) electrons. The Morgan fingerprint density at radius 2 is 1.28 bits per heavy atom. The third-order valence-electron chi connectivity index (χ3n) is 6.78. The first-order chi connectivity index (χ1) is 12.2. The minimum atomic E-state index is -1.33. The summed E-state index contributed by atoms with van der Waals surface area (Å²) in [7, 11) is 0. The van der Waals surface area contributed by atoms with E-state index in [2.05, 4.69) is 19.9 Å². The summed E-state index contributed by atoms with van der Waals surface area (Å²) in [5.74, 6) is 0. The SMILES string of the molecule is CCCCCCCC/C=C(\C)P(=S)(C1CCCCC1)C1CCCCC1. The average Bonchev–Trinajstić information content (AvgIpc) is 2.67. The molecule has 0 heterocycles. The summed E-state index contributed by atoms with van der Waals surface area (Å²) in [4.78, 5) is 0. The van der Waals surface area contributed by atoms with E-state index in [0.29, 0.717) is 0 Å². The highest BCUT2D eigenvalue weighted by molar-refractivity contribution is 8.17. The molecule has 0 atom stereocenters. The van der Waals surface area contributed by atoms with Crippen molar-refractivity contribution < 1.29 is 0 Å². The van der Waals surface area contributed by atoms with Gasteiger partial charge < -0.3 is 0 Å². The van der Waals surface area contributed by atoms with Crippen molar-refractivity contribution in [3.8, 4) is 0 Å². The molecule has 0 bridgehead atoms.